The molecule has 0 radical (unpaired) electrons. The topological polar surface area (TPSA) is 66.6 Å². The van der Waals surface area contributed by atoms with Gasteiger partial charge in [0.15, 0.2) is 0 Å². The van der Waals surface area contributed by atoms with Crippen LogP contribution in [0.4, 0.5) is 11.4 Å². The first-order chi connectivity index (χ1) is 8.54. The molecule has 1 rings (SSSR count). The molecule has 0 unspecified atom stereocenters. The van der Waals surface area contributed by atoms with Crippen molar-refractivity contribution in [2.75, 3.05) is 11.9 Å². The summed E-state index contributed by atoms with van der Waals surface area (Å²) in [5, 5.41) is 20.1. The van der Waals surface area contributed by atoms with Crippen molar-refractivity contribution in [2.45, 2.75) is 39.3 Å². The molecule has 0 bridgehead atoms. The Bertz CT molecular complexity index is 417. The molecule has 0 saturated carbocycles. The molecule has 0 spiro atoms. The van der Waals surface area contributed by atoms with Crippen molar-refractivity contribution in [1.82, 2.24) is 0 Å². The number of anilines is 1. The van der Waals surface area contributed by atoms with E-state index in [1.807, 2.05) is 11.9 Å². The van der Waals surface area contributed by atoms with Gasteiger partial charge in [0.25, 0.3) is 5.69 Å². The van der Waals surface area contributed by atoms with Crippen molar-refractivity contribution in [3.63, 3.8) is 0 Å². The van der Waals surface area contributed by atoms with Gasteiger partial charge in [0.05, 0.1) is 11.5 Å². The first-order valence-corrected chi connectivity index (χ1v) is 6.16. The van der Waals surface area contributed by atoms with Crippen molar-refractivity contribution in [1.29, 1.82) is 0 Å². The van der Waals surface area contributed by atoms with Gasteiger partial charge in [0, 0.05) is 19.2 Å². The van der Waals surface area contributed by atoms with Gasteiger partial charge >= 0.3 is 0 Å². The van der Waals surface area contributed by atoms with E-state index >= 15 is 0 Å². The monoisotopic (exact) mass is 252 g/mol. The van der Waals surface area contributed by atoms with Crippen molar-refractivity contribution in [2.24, 2.45) is 0 Å². The van der Waals surface area contributed by atoms with Gasteiger partial charge in [-0.25, -0.2) is 0 Å². The summed E-state index contributed by atoms with van der Waals surface area (Å²) in [6, 6.07) is 5.15. The number of nitro benzene ring substituents is 1. The Hall–Kier alpha value is -1.62. The first kappa shape index (κ1) is 14.4. The Morgan fingerprint density at radius 1 is 1.39 bits per heavy atom. The van der Waals surface area contributed by atoms with Crippen LogP contribution in [0.5, 0.6) is 0 Å². The smallest absolute Gasteiger partial charge is 0.292 e. The fourth-order valence-electron chi connectivity index (χ4n) is 2.14. The highest BCUT2D eigenvalue weighted by molar-refractivity contribution is 5.64. The molecule has 100 valence electrons. The summed E-state index contributed by atoms with van der Waals surface area (Å²) in [5.74, 6) is 0. The molecule has 1 aromatic rings. The zero-order chi connectivity index (χ0) is 13.7. The highest BCUT2D eigenvalue weighted by Crippen LogP contribution is 2.30. The summed E-state index contributed by atoms with van der Waals surface area (Å²) in [5.41, 5.74) is 1.21. The summed E-state index contributed by atoms with van der Waals surface area (Å²) in [4.78, 5) is 12.6. The van der Waals surface area contributed by atoms with E-state index in [0.29, 0.717) is 11.3 Å². The van der Waals surface area contributed by atoms with Gasteiger partial charge in [-0.05, 0) is 24.5 Å². The number of hydrogen-bond acceptors (Lipinski definition) is 4. The third kappa shape index (κ3) is 2.98. The number of hydrogen-bond donors (Lipinski definition) is 1. The van der Waals surface area contributed by atoms with Crippen molar-refractivity contribution in [3.05, 3.63) is 33.9 Å². The summed E-state index contributed by atoms with van der Waals surface area (Å²) < 4.78 is 0. The predicted molar refractivity (Wildman–Crippen MR) is 71.8 cm³/mol. The normalized spacial score (nSPS) is 10.7. The molecule has 1 aromatic carbocycles. The van der Waals surface area contributed by atoms with Crippen LogP contribution in [0, 0.1) is 10.1 Å². The van der Waals surface area contributed by atoms with E-state index in [4.69, 9.17) is 5.11 Å². The molecule has 18 heavy (non-hydrogen) atoms. The molecular formula is C13H20N2O3. The van der Waals surface area contributed by atoms with Crippen LogP contribution in [0.2, 0.25) is 0 Å². The third-order valence-corrected chi connectivity index (χ3v) is 3.29. The average molecular weight is 252 g/mol. The predicted octanol–water partition coefficient (Wildman–Crippen LogP) is 2.71. The van der Waals surface area contributed by atoms with Gasteiger partial charge in [-0.2, -0.15) is 0 Å². The summed E-state index contributed by atoms with van der Waals surface area (Å²) in [7, 11) is 1.87. The Labute approximate surface area is 107 Å². The second kappa shape index (κ2) is 6.35. The average Bonchev–Trinajstić information content (AvgIpc) is 2.39. The highest BCUT2D eigenvalue weighted by atomic mass is 16.6. The van der Waals surface area contributed by atoms with Gasteiger partial charge in [0.1, 0.15) is 5.69 Å². The number of aliphatic hydroxyl groups is 1. The zero-order valence-corrected chi connectivity index (χ0v) is 11.1. The zero-order valence-electron chi connectivity index (χ0n) is 11.1. The second-order valence-electron chi connectivity index (χ2n) is 4.32. The minimum atomic E-state index is -0.395. The van der Waals surface area contributed by atoms with Crippen LogP contribution in [0.25, 0.3) is 0 Å². The van der Waals surface area contributed by atoms with E-state index in [1.54, 1.807) is 12.1 Å². The van der Waals surface area contributed by atoms with Crippen molar-refractivity contribution < 1.29 is 10.0 Å². The minimum absolute atomic E-state index is 0.0518. The van der Waals surface area contributed by atoms with Crippen LogP contribution in [-0.4, -0.2) is 23.1 Å². The van der Waals surface area contributed by atoms with E-state index in [0.717, 1.165) is 12.8 Å². The maximum absolute atomic E-state index is 11.1. The Kier molecular flexibility index (Phi) is 5.09. The van der Waals surface area contributed by atoms with Crippen LogP contribution in [0.1, 0.15) is 32.3 Å². The highest BCUT2D eigenvalue weighted by Gasteiger charge is 2.21. The summed E-state index contributed by atoms with van der Waals surface area (Å²) in [6.07, 6.45) is 1.87. The van der Waals surface area contributed by atoms with Crippen LogP contribution in [-0.2, 0) is 6.61 Å². The number of nitrogens with zero attached hydrogens (tertiary/aromatic N) is 2. The quantitative estimate of drug-likeness (QED) is 0.624. The molecule has 0 aromatic heterocycles. The molecule has 0 aliphatic rings. The molecule has 0 heterocycles. The van der Waals surface area contributed by atoms with Crippen LogP contribution in [0.3, 0.4) is 0 Å². The number of aliphatic hydroxyl groups excluding tert-OH is 1. The van der Waals surface area contributed by atoms with Gasteiger partial charge in [-0.1, -0.05) is 19.9 Å². The largest absolute Gasteiger partial charge is 0.392 e. The number of nitro groups is 1. The standard InChI is InChI=1S/C13H20N2O3/c1-4-11(5-2)14(3)12-7-6-10(9-16)8-13(12)15(17)18/h6-8,11,16H,4-5,9H2,1-3H3. The van der Waals surface area contributed by atoms with E-state index in [1.165, 1.54) is 6.07 Å². The molecule has 0 atom stereocenters. The van der Waals surface area contributed by atoms with Gasteiger partial charge in [-0.15, -0.1) is 0 Å². The van der Waals surface area contributed by atoms with Gasteiger partial charge < -0.3 is 10.0 Å². The minimum Gasteiger partial charge on any atom is -0.392 e. The molecule has 0 saturated heterocycles. The maximum atomic E-state index is 11.1. The fourth-order valence-corrected chi connectivity index (χ4v) is 2.14. The molecule has 0 aliphatic carbocycles. The Balaban J connectivity index is 3.18. The van der Waals surface area contributed by atoms with E-state index in [2.05, 4.69) is 13.8 Å². The lowest BCUT2D eigenvalue weighted by Gasteiger charge is -2.28. The van der Waals surface area contributed by atoms with E-state index < -0.39 is 4.92 Å². The number of benzene rings is 1. The Morgan fingerprint density at radius 2 is 2.00 bits per heavy atom. The molecular weight excluding hydrogens is 232 g/mol. The molecule has 0 amide bonds. The fraction of sp³-hybridized carbons (Fsp3) is 0.538. The van der Waals surface area contributed by atoms with E-state index in [-0.39, 0.29) is 18.3 Å². The molecule has 0 fully saturated rings. The second-order valence-corrected chi connectivity index (χ2v) is 4.32. The van der Waals surface area contributed by atoms with Crippen molar-refractivity contribution in [3.8, 4) is 0 Å². The van der Waals surface area contributed by atoms with Gasteiger partial charge in [-0.3, -0.25) is 10.1 Å². The molecule has 1 N–H and O–H groups in total. The lowest BCUT2D eigenvalue weighted by Crippen LogP contribution is -2.30. The van der Waals surface area contributed by atoms with Crippen LogP contribution < -0.4 is 4.90 Å². The van der Waals surface area contributed by atoms with Crippen LogP contribution in [0.15, 0.2) is 18.2 Å². The first-order valence-electron chi connectivity index (χ1n) is 6.16. The van der Waals surface area contributed by atoms with E-state index in [9.17, 15) is 10.1 Å². The lowest BCUT2D eigenvalue weighted by molar-refractivity contribution is -0.384. The summed E-state index contributed by atoms with van der Waals surface area (Å²) >= 11 is 0. The third-order valence-electron chi connectivity index (χ3n) is 3.29. The number of rotatable bonds is 6. The molecule has 5 heteroatoms. The maximum Gasteiger partial charge on any atom is 0.292 e. The lowest BCUT2D eigenvalue weighted by atomic mass is 10.1. The van der Waals surface area contributed by atoms with Crippen LogP contribution >= 0.6 is 0 Å². The Morgan fingerprint density at radius 3 is 2.44 bits per heavy atom. The molecule has 5 nitrogen and oxygen atoms in total. The SMILES string of the molecule is CCC(CC)N(C)c1ccc(CO)cc1[N+](=O)[O-]. The van der Waals surface area contributed by atoms with Crippen molar-refractivity contribution >= 4 is 11.4 Å². The summed E-state index contributed by atoms with van der Waals surface area (Å²) in [6.45, 7) is 3.95. The van der Waals surface area contributed by atoms with Gasteiger partial charge in [0.2, 0.25) is 0 Å². The molecule has 0 aliphatic heterocycles.